The Hall–Kier alpha value is -3.31. The number of nitrogens with one attached hydrogen (secondary N) is 2. The highest BCUT2D eigenvalue weighted by molar-refractivity contribution is 7.17. The van der Waals surface area contributed by atoms with Gasteiger partial charge in [-0.05, 0) is 47.2 Å². The summed E-state index contributed by atoms with van der Waals surface area (Å²) in [5, 5.41) is 19.9. The number of aliphatic carboxylic acids is 1. The first-order valence-electron chi connectivity index (χ1n) is 9.46. The predicted octanol–water partition coefficient (Wildman–Crippen LogP) is 6.06. The van der Waals surface area contributed by atoms with Crippen LogP contribution in [0.15, 0.2) is 78.2 Å². The van der Waals surface area contributed by atoms with Gasteiger partial charge in [-0.25, -0.2) is 4.79 Å². The van der Waals surface area contributed by atoms with E-state index < -0.39 is 12.0 Å². The van der Waals surface area contributed by atoms with E-state index in [-0.39, 0.29) is 0 Å². The molecule has 29 heavy (non-hydrogen) atoms. The highest BCUT2D eigenvalue weighted by Crippen LogP contribution is 2.31. The molecule has 0 saturated heterocycles. The van der Waals surface area contributed by atoms with Crippen LogP contribution in [0.1, 0.15) is 22.7 Å². The van der Waals surface area contributed by atoms with Crippen molar-refractivity contribution in [3.63, 3.8) is 0 Å². The van der Waals surface area contributed by atoms with Crippen LogP contribution in [0.2, 0.25) is 0 Å². The lowest BCUT2D eigenvalue weighted by Crippen LogP contribution is -2.21. The van der Waals surface area contributed by atoms with E-state index in [0.29, 0.717) is 12.1 Å². The zero-order valence-electron chi connectivity index (χ0n) is 16.1. The molecular formula is C24H22N2O2S. The first-order chi connectivity index (χ1) is 14.1. The Kier molecular flexibility index (Phi) is 5.49. The number of carbonyl (C=O) groups is 1. The van der Waals surface area contributed by atoms with E-state index in [9.17, 15) is 9.90 Å². The van der Waals surface area contributed by atoms with E-state index in [1.165, 1.54) is 21.2 Å². The van der Waals surface area contributed by atoms with E-state index in [4.69, 9.17) is 0 Å². The summed E-state index contributed by atoms with van der Waals surface area (Å²) in [4.78, 5) is 11.9. The van der Waals surface area contributed by atoms with E-state index in [1.54, 1.807) is 11.3 Å². The Morgan fingerprint density at radius 2 is 1.69 bits per heavy atom. The van der Waals surface area contributed by atoms with Gasteiger partial charge in [0.05, 0.1) is 11.4 Å². The maximum atomic E-state index is 11.9. The molecule has 4 nitrogen and oxygen atoms in total. The summed E-state index contributed by atoms with van der Waals surface area (Å²) in [5.41, 5.74) is 4.87. The molecule has 0 aliphatic heterocycles. The summed E-state index contributed by atoms with van der Waals surface area (Å²) in [7, 11) is 0. The van der Waals surface area contributed by atoms with Crippen LogP contribution in [0.4, 0.5) is 11.4 Å². The van der Waals surface area contributed by atoms with Crippen molar-refractivity contribution in [1.82, 2.24) is 0 Å². The summed E-state index contributed by atoms with van der Waals surface area (Å²) in [6.07, 6.45) is 0. The summed E-state index contributed by atoms with van der Waals surface area (Å²) in [5.74, 6) is -0.912. The number of aryl methyl sites for hydroxylation is 1. The summed E-state index contributed by atoms with van der Waals surface area (Å²) in [6, 6.07) is 22.5. The molecule has 4 aromatic rings. The number of rotatable bonds is 7. The Morgan fingerprint density at radius 1 is 0.966 bits per heavy atom. The standard InChI is InChI=1S/C24H22N2O2S/c1-16-8-7-13-21-22(16)18(15-29-21)14-25-19-11-5-6-12-20(19)26-23(24(27)28)17-9-3-2-4-10-17/h2-13,15,23,25-26H,14H2,1H3,(H,27,28)/t23-/m0/s1. The number of anilines is 2. The van der Waals surface area contributed by atoms with Crippen molar-refractivity contribution < 1.29 is 9.90 Å². The molecule has 0 fully saturated rings. The number of hydrogen-bond donors (Lipinski definition) is 3. The highest BCUT2D eigenvalue weighted by Gasteiger charge is 2.20. The normalized spacial score (nSPS) is 11.9. The monoisotopic (exact) mass is 402 g/mol. The number of thiophene rings is 1. The summed E-state index contributed by atoms with van der Waals surface area (Å²) >= 11 is 1.75. The zero-order chi connectivity index (χ0) is 20.2. The molecule has 1 atom stereocenters. The molecule has 3 aromatic carbocycles. The van der Waals surface area contributed by atoms with Gasteiger partial charge in [0.15, 0.2) is 6.04 Å². The minimum absolute atomic E-state index is 0.673. The van der Waals surface area contributed by atoms with Crippen LogP contribution >= 0.6 is 11.3 Å². The van der Waals surface area contributed by atoms with Crippen LogP contribution in [-0.2, 0) is 11.3 Å². The van der Waals surface area contributed by atoms with E-state index >= 15 is 0 Å². The number of carboxylic acids is 1. The summed E-state index contributed by atoms with van der Waals surface area (Å²) in [6.45, 7) is 2.80. The van der Waals surface area contributed by atoms with Crippen molar-refractivity contribution in [3.05, 3.63) is 94.9 Å². The average Bonchev–Trinajstić information content (AvgIpc) is 3.16. The van der Waals surface area contributed by atoms with Crippen molar-refractivity contribution >= 4 is 38.8 Å². The molecule has 0 unspecified atom stereocenters. The van der Waals surface area contributed by atoms with Crippen LogP contribution < -0.4 is 10.6 Å². The first kappa shape index (κ1) is 19.0. The molecular weight excluding hydrogens is 380 g/mol. The number of carboxylic acid groups (broad SMARTS) is 1. The Balaban J connectivity index is 1.57. The van der Waals surface area contributed by atoms with Crippen molar-refractivity contribution in [2.75, 3.05) is 10.6 Å². The molecule has 3 N–H and O–H groups in total. The molecule has 0 radical (unpaired) electrons. The SMILES string of the molecule is Cc1cccc2scc(CNc3ccccc3N[C@H](C(=O)O)c3ccccc3)c12. The van der Waals surface area contributed by atoms with Gasteiger partial charge < -0.3 is 15.7 Å². The van der Waals surface area contributed by atoms with Crippen LogP contribution in [0.25, 0.3) is 10.1 Å². The third kappa shape index (κ3) is 4.10. The lowest BCUT2D eigenvalue weighted by molar-refractivity contribution is -0.138. The Bertz CT molecular complexity index is 1140. The first-order valence-corrected chi connectivity index (χ1v) is 10.3. The highest BCUT2D eigenvalue weighted by atomic mass is 32.1. The largest absolute Gasteiger partial charge is 0.479 e. The predicted molar refractivity (Wildman–Crippen MR) is 121 cm³/mol. The average molecular weight is 403 g/mol. The van der Waals surface area contributed by atoms with Crippen LogP contribution in [0.3, 0.4) is 0 Å². The maximum Gasteiger partial charge on any atom is 0.330 e. The number of benzene rings is 3. The number of para-hydroxylation sites is 2. The number of hydrogen-bond acceptors (Lipinski definition) is 4. The second kappa shape index (κ2) is 8.37. The Morgan fingerprint density at radius 3 is 2.45 bits per heavy atom. The third-order valence-corrected chi connectivity index (χ3v) is 5.96. The van der Waals surface area contributed by atoms with Gasteiger partial charge in [-0.15, -0.1) is 11.3 Å². The van der Waals surface area contributed by atoms with Crippen LogP contribution in [0.5, 0.6) is 0 Å². The lowest BCUT2D eigenvalue weighted by atomic mass is 10.1. The fraction of sp³-hybridized carbons (Fsp3) is 0.125. The van der Waals surface area contributed by atoms with Crippen molar-refractivity contribution in [2.24, 2.45) is 0 Å². The topological polar surface area (TPSA) is 61.4 Å². The van der Waals surface area contributed by atoms with Crippen LogP contribution in [0, 0.1) is 6.92 Å². The molecule has 5 heteroatoms. The fourth-order valence-corrected chi connectivity index (χ4v) is 4.55. The molecule has 0 spiro atoms. The lowest BCUT2D eigenvalue weighted by Gasteiger charge is -2.19. The molecule has 4 rings (SSSR count). The van der Waals surface area contributed by atoms with Gasteiger partial charge in [0.25, 0.3) is 0 Å². The quantitative estimate of drug-likeness (QED) is 0.352. The minimum atomic E-state index is -0.912. The molecule has 0 aliphatic carbocycles. The van der Waals surface area contributed by atoms with Gasteiger partial charge in [-0.1, -0.05) is 54.6 Å². The molecule has 0 saturated carbocycles. The zero-order valence-corrected chi connectivity index (χ0v) is 16.9. The Labute approximate surface area is 173 Å². The smallest absolute Gasteiger partial charge is 0.330 e. The maximum absolute atomic E-state index is 11.9. The molecule has 1 heterocycles. The molecule has 1 aromatic heterocycles. The van der Waals surface area contributed by atoms with Crippen molar-refractivity contribution in [3.8, 4) is 0 Å². The minimum Gasteiger partial charge on any atom is -0.479 e. The van der Waals surface area contributed by atoms with Crippen molar-refractivity contribution in [1.29, 1.82) is 0 Å². The van der Waals surface area contributed by atoms with Gasteiger partial charge in [-0.2, -0.15) is 0 Å². The van der Waals surface area contributed by atoms with Gasteiger partial charge in [-0.3, -0.25) is 0 Å². The molecule has 146 valence electrons. The van der Waals surface area contributed by atoms with E-state index in [0.717, 1.165) is 11.4 Å². The van der Waals surface area contributed by atoms with E-state index in [2.05, 4.69) is 41.1 Å². The second-order valence-corrected chi connectivity index (χ2v) is 7.85. The van der Waals surface area contributed by atoms with Gasteiger partial charge in [0.1, 0.15) is 0 Å². The van der Waals surface area contributed by atoms with Crippen molar-refractivity contribution in [2.45, 2.75) is 19.5 Å². The van der Waals surface area contributed by atoms with E-state index in [1.807, 2.05) is 54.6 Å². The molecule has 0 amide bonds. The van der Waals surface area contributed by atoms with Gasteiger partial charge in [0, 0.05) is 16.6 Å². The van der Waals surface area contributed by atoms with Gasteiger partial charge in [0.2, 0.25) is 0 Å². The van der Waals surface area contributed by atoms with Gasteiger partial charge >= 0.3 is 5.97 Å². The summed E-state index contributed by atoms with van der Waals surface area (Å²) < 4.78 is 1.28. The van der Waals surface area contributed by atoms with Crippen LogP contribution in [-0.4, -0.2) is 11.1 Å². The second-order valence-electron chi connectivity index (χ2n) is 6.93. The molecule has 0 aliphatic rings. The fourth-order valence-electron chi connectivity index (χ4n) is 3.52. The third-order valence-electron chi connectivity index (χ3n) is 4.96. The molecule has 0 bridgehead atoms. The number of fused-ring (bicyclic) bond motifs is 1.